The van der Waals surface area contributed by atoms with Crippen LogP contribution in [-0.4, -0.2) is 47.4 Å². The lowest BCUT2D eigenvalue weighted by molar-refractivity contribution is -0.143. The lowest BCUT2D eigenvalue weighted by atomic mass is 10.0. The van der Waals surface area contributed by atoms with Crippen molar-refractivity contribution in [2.24, 2.45) is 0 Å². The summed E-state index contributed by atoms with van der Waals surface area (Å²) in [5, 5.41) is 23.5. The predicted octanol–water partition coefficient (Wildman–Crippen LogP) is 26.4. The Bertz CT molecular complexity index is 1360. The molecular weight excluding hydrogens is 1070 g/mol. The molecule has 516 valence electrons. The number of amides is 1. The molecule has 6 heteroatoms. The fourth-order valence-corrected chi connectivity index (χ4v) is 12.9. The molecule has 2 unspecified atom stereocenters. The van der Waals surface area contributed by atoms with Gasteiger partial charge in [-0.25, -0.2) is 0 Å². The Morgan fingerprint density at radius 3 is 0.874 bits per heavy atom. The number of rotatable bonds is 76. The number of allylic oxidation sites excluding steroid dienone is 4. The van der Waals surface area contributed by atoms with Crippen LogP contribution in [0.4, 0.5) is 0 Å². The van der Waals surface area contributed by atoms with E-state index in [-0.39, 0.29) is 18.5 Å². The normalized spacial score (nSPS) is 12.6. The monoisotopic (exact) mass is 1220 g/mol. The quantitative estimate of drug-likeness (QED) is 0.0320. The van der Waals surface area contributed by atoms with Crippen LogP contribution in [-0.2, 0) is 14.3 Å². The molecule has 1 amide bonds. The average Bonchev–Trinajstić information content (AvgIpc) is 3.53. The van der Waals surface area contributed by atoms with Crippen LogP contribution in [0.1, 0.15) is 457 Å². The molecule has 0 spiro atoms. The summed E-state index contributed by atoms with van der Waals surface area (Å²) in [5.74, 6) is -0.0119. The van der Waals surface area contributed by atoms with Crippen LogP contribution in [0.2, 0.25) is 0 Å². The van der Waals surface area contributed by atoms with Crippen molar-refractivity contribution < 1.29 is 24.5 Å². The van der Waals surface area contributed by atoms with Crippen LogP contribution < -0.4 is 5.32 Å². The number of esters is 1. The van der Waals surface area contributed by atoms with E-state index in [0.717, 1.165) is 44.9 Å². The third kappa shape index (κ3) is 73.3. The van der Waals surface area contributed by atoms with Gasteiger partial charge in [0.2, 0.25) is 5.91 Å². The van der Waals surface area contributed by atoms with Gasteiger partial charge in [-0.1, -0.05) is 411 Å². The van der Waals surface area contributed by atoms with E-state index in [1.165, 1.54) is 379 Å². The minimum atomic E-state index is -0.666. The van der Waals surface area contributed by atoms with E-state index in [2.05, 4.69) is 43.5 Å². The fourth-order valence-electron chi connectivity index (χ4n) is 12.9. The number of carbonyl (C=O) groups excluding carboxylic acids is 2. The van der Waals surface area contributed by atoms with Gasteiger partial charge in [-0.3, -0.25) is 9.59 Å². The molecule has 6 nitrogen and oxygen atoms in total. The standard InChI is InChI=1S/C81H157NO5/c1-3-5-7-9-11-13-15-17-19-20-21-22-23-31-34-37-40-43-46-49-53-57-61-65-69-73-79(84)78(77-83)82-80(85)74-70-66-62-58-54-50-47-44-41-38-35-32-29-27-25-24-26-28-30-33-36-39-42-45-48-52-56-60-64-68-72-76-87-81(86)75-71-67-63-59-55-51-18-16-14-12-10-8-6-4-2/h26,28,33,36,78-79,83-84H,3-25,27,29-32,34-35,37-77H2,1-2H3,(H,82,85)/b28-26-,36-33-. The third-order valence-corrected chi connectivity index (χ3v) is 19.0. The van der Waals surface area contributed by atoms with Gasteiger partial charge in [0.1, 0.15) is 0 Å². The molecule has 0 heterocycles. The topological polar surface area (TPSA) is 95.9 Å². The summed E-state index contributed by atoms with van der Waals surface area (Å²) in [6.45, 7) is 5.00. The molecule has 0 saturated heterocycles. The smallest absolute Gasteiger partial charge is 0.305 e. The Kier molecular flexibility index (Phi) is 75.3. The molecule has 87 heavy (non-hydrogen) atoms. The van der Waals surface area contributed by atoms with Crippen LogP contribution in [0.5, 0.6) is 0 Å². The number of ether oxygens (including phenoxy) is 1. The van der Waals surface area contributed by atoms with Gasteiger partial charge in [-0.15, -0.1) is 0 Å². The minimum Gasteiger partial charge on any atom is -0.466 e. The zero-order valence-electron chi connectivity index (χ0n) is 59.3. The molecule has 2 atom stereocenters. The molecule has 0 aromatic heterocycles. The highest BCUT2D eigenvalue weighted by molar-refractivity contribution is 5.76. The lowest BCUT2D eigenvalue weighted by Crippen LogP contribution is -2.45. The minimum absolute atomic E-state index is 0.0166. The van der Waals surface area contributed by atoms with E-state index in [1.54, 1.807) is 0 Å². The van der Waals surface area contributed by atoms with Crippen molar-refractivity contribution >= 4 is 11.9 Å². The first-order valence-electron chi connectivity index (χ1n) is 40.1. The van der Waals surface area contributed by atoms with Gasteiger partial charge < -0.3 is 20.3 Å². The summed E-state index contributed by atoms with van der Waals surface area (Å²) in [5.41, 5.74) is 0. The van der Waals surface area contributed by atoms with Gasteiger partial charge >= 0.3 is 5.97 Å². The van der Waals surface area contributed by atoms with E-state index in [9.17, 15) is 19.8 Å². The highest BCUT2D eigenvalue weighted by atomic mass is 16.5. The molecule has 0 saturated carbocycles. The van der Waals surface area contributed by atoms with Crippen molar-refractivity contribution in [2.45, 2.75) is 469 Å². The van der Waals surface area contributed by atoms with E-state index in [1.807, 2.05) is 0 Å². The molecule has 3 N–H and O–H groups in total. The van der Waals surface area contributed by atoms with Gasteiger partial charge in [-0.05, 0) is 57.8 Å². The fraction of sp³-hybridized carbons (Fsp3) is 0.926. The second-order valence-electron chi connectivity index (χ2n) is 27.8. The Labute approximate surface area is 545 Å². The van der Waals surface area contributed by atoms with Gasteiger partial charge in [-0.2, -0.15) is 0 Å². The maximum atomic E-state index is 12.6. The SMILES string of the molecule is CCCCCCCCCCCCCCCCCCCCCCCCCCCC(O)C(CO)NC(=O)CCCCCCCCCCCCCCCCC/C=C\C/C=C\CCCCCCCCCCCOC(=O)CCCCCCCCCCCCCCCC. The molecule has 0 aromatic rings. The number of nitrogens with one attached hydrogen (secondary N) is 1. The molecule has 0 aromatic carbocycles. The summed E-state index contributed by atoms with van der Waals surface area (Å²) >= 11 is 0. The molecule has 0 bridgehead atoms. The maximum absolute atomic E-state index is 12.6. The van der Waals surface area contributed by atoms with Gasteiger partial charge in [0.25, 0.3) is 0 Å². The van der Waals surface area contributed by atoms with Gasteiger partial charge in [0.05, 0.1) is 25.4 Å². The van der Waals surface area contributed by atoms with Gasteiger partial charge in [0.15, 0.2) is 0 Å². The predicted molar refractivity (Wildman–Crippen MR) is 384 cm³/mol. The van der Waals surface area contributed by atoms with Crippen LogP contribution in [0, 0.1) is 0 Å². The van der Waals surface area contributed by atoms with Crippen molar-refractivity contribution in [1.82, 2.24) is 5.32 Å². The van der Waals surface area contributed by atoms with E-state index < -0.39 is 12.1 Å². The molecule has 0 rings (SSSR count). The summed E-state index contributed by atoms with van der Waals surface area (Å²) < 4.78 is 5.49. The van der Waals surface area contributed by atoms with Crippen LogP contribution in [0.15, 0.2) is 24.3 Å². The van der Waals surface area contributed by atoms with Crippen LogP contribution in [0.25, 0.3) is 0 Å². The Morgan fingerprint density at radius 1 is 0.322 bits per heavy atom. The second-order valence-corrected chi connectivity index (χ2v) is 27.8. The van der Waals surface area contributed by atoms with Crippen molar-refractivity contribution in [2.75, 3.05) is 13.2 Å². The Hall–Kier alpha value is -1.66. The first-order chi connectivity index (χ1) is 43.0. The summed E-state index contributed by atoms with van der Waals surface area (Å²) in [6, 6.07) is -0.543. The highest BCUT2D eigenvalue weighted by Gasteiger charge is 2.20. The van der Waals surface area contributed by atoms with Crippen molar-refractivity contribution in [3.8, 4) is 0 Å². The van der Waals surface area contributed by atoms with Crippen LogP contribution >= 0.6 is 0 Å². The highest BCUT2D eigenvalue weighted by Crippen LogP contribution is 2.20. The molecule has 0 aliphatic carbocycles. The molecule has 0 aliphatic rings. The van der Waals surface area contributed by atoms with Crippen LogP contribution in [0.3, 0.4) is 0 Å². The van der Waals surface area contributed by atoms with Crippen molar-refractivity contribution in [1.29, 1.82) is 0 Å². The maximum Gasteiger partial charge on any atom is 0.305 e. The first-order valence-corrected chi connectivity index (χ1v) is 40.1. The molecule has 0 fully saturated rings. The largest absolute Gasteiger partial charge is 0.466 e. The van der Waals surface area contributed by atoms with Crippen molar-refractivity contribution in [3.63, 3.8) is 0 Å². The lowest BCUT2D eigenvalue weighted by Gasteiger charge is -2.22. The van der Waals surface area contributed by atoms with Gasteiger partial charge in [0, 0.05) is 12.8 Å². The third-order valence-electron chi connectivity index (χ3n) is 19.0. The Morgan fingerprint density at radius 2 is 0.575 bits per heavy atom. The number of unbranched alkanes of at least 4 members (excludes halogenated alkanes) is 61. The molecular formula is C81H157NO5. The summed E-state index contributed by atoms with van der Waals surface area (Å²) in [7, 11) is 0. The number of aliphatic hydroxyl groups excluding tert-OH is 2. The number of hydrogen-bond donors (Lipinski definition) is 3. The summed E-state index contributed by atoms with van der Waals surface area (Å²) in [6.07, 6.45) is 98.4. The summed E-state index contributed by atoms with van der Waals surface area (Å²) in [4.78, 5) is 24.7. The number of hydrogen-bond acceptors (Lipinski definition) is 5. The number of aliphatic hydroxyl groups is 2. The average molecular weight is 1230 g/mol. The van der Waals surface area contributed by atoms with E-state index in [0.29, 0.717) is 25.9 Å². The van der Waals surface area contributed by atoms with Crippen molar-refractivity contribution in [3.05, 3.63) is 24.3 Å². The second kappa shape index (κ2) is 76.8. The Balaban J connectivity index is 3.38. The molecule has 0 aliphatic heterocycles. The number of carbonyl (C=O) groups is 2. The zero-order valence-corrected chi connectivity index (χ0v) is 59.3. The van der Waals surface area contributed by atoms with E-state index in [4.69, 9.17) is 4.74 Å². The van der Waals surface area contributed by atoms with E-state index >= 15 is 0 Å². The zero-order chi connectivity index (χ0) is 62.8. The first kappa shape index (κ1) is 85.3. The molecule has 0 radical (unpaired) electrons.